The maximum Gasteiger partial charge on any atom is 0.244 e. The monoisotopic (exact) mass is 321 g/mol. The van der Waals surface area contributed by atoms with Gasteiger partial charge in [0.05, 0.1) is 25.4 Å². The molecule has 1 amide bonds. The van der Waals surface area contributed by atoms with Crippen LogP contribution in [0.15, 0.2) is 30.3 Å². The lowest BCUT2D eigenvalue weighted by atomic mass is 9.89. The number of fused-ring (bicyclic) bond motifs is 1. The molecule has 1 saturated heterocycles. The fourth-order valence-electron chi connectivity index (χ4n) is 3.02. The van der Waals surface area contributed by atoms with Crippen molar-refractivity contribution in [3.8, 4) is 0 Å². The lowest BCUT2D eigenvalue weighted by Crippen LogP contribution is -2.49. The number of rotatable bonds is 3. The van der Waals surface area contributed by atoms with Crippen LogP contribution in [0.5, 0.6) is 0 Å². The fourth-order valence-corrected chi connectivity index (χ4v) is 3.22. The summed E-state index contributed by atoms with van der Waals surface area (Å²) in [5.41, 5.74) is 0.840. The van der Waals surface area contributed by atoms with E-state index in [-0.39, 0.29) is 24.2 Å². The topological polar surface area (TPSA) is 47.6 Å². The van der Waals surface area contributed by atoms with Gasteiger partial charge in [-0.15, -0.1) is 0 Å². The molecular weight excluding hydrogens is 302 g/mol. The summed E-state index contributed by atoms with van der Waals surface area (Å²) in [5.74, 6) is -0.0971. The van der Waals surface area contributed by atoms with E-state index in [1.807, 2.05) is 18.2 Å². The molecule has 1 saturated carbocycles. The van der Waals surface area contributed by atoms with E-state index >= 15 is 0 Å². The molecule has 5 heteroatoms. The van der Waals surface area contributed by atoms with Gasteiger partial charge in [-0.2, -0.15) is 0 Å². The van der Waals surface area contributed by atoms with Crippen molar-refractivity contribution in [1.82, 2.24) is 5.32 Å². The Morgan fingerprint density at radius 1 is 1.18 bits per heavy atom. The van der Waals surface area contributed by atoms with Crippen molar-refractivity contribution in [2.75, 3.05) is 13.2 Å². The maximum atomic E-state index is 12.0. The van der Waals surface area contributed by atoms with Crippen LogP contribution in [0.2, 0.25) is 5.02 Å². The van der Waals surface area contributed by atoms with E-state index in [1.54, 1.807) is 12.1 Å². The summed E-state index contributed by atoms with van der Waals surface area (Å²) in [7, 11) is 0. The molecule has 0 spiro atoms. The lowest BCUT2D eigenvalue weighted by Gasteiger charge is -2.38. The first kappa shape index (κ1) is 15.5. The van der Waals surface area contributed by atoms with Gasteiger partial charge in [-0.25, -0.2) is 0 Å². The Balaban J connectivity index is 1.53. The average Bonchev–Trinajstić information content (AvgIpc) is 2.54. The van der Waals surface area contributed by atoms with Crippen LogP contribution >= 0.6 is 11.6 Å². The third-order valence-electron chi connectivity index (χ3n) is 4.14. The quantitative estimate of drug-likeness (QED) is 0.871. The summed E-state index contributed by atoms with van der Waals surface area (Å²) in [6.07, 6.45) is 6.26. The second-order valence-corrected chi connectivity index (χ2v) is 6.10. The van der Waals surface area contributed by atoms with Crippen LogP contribution in [0.25, 0.3) is 6.08 Å². The SMILES string of the molecule is O=C(C=Cc1ccccc1Cl)NC1CCC2OCCOC2C1. The van der Waals surface area contributed by atoms with Crippen LogP contribution in [0.1, 0.15) is 24.8 Å². The van der Waals surface area contributed by atoms with E-state index in [1.165, 1.54) is 6.08 Å². The number of benzene rings is 1. The molecule has 3 unspecified atom stereocenters. The van der Waals surface area contributed by atoms with Crippen molar-refractivity contribution in [2.24, 2.45) is 0 Å². The molecule has 0 aromatic heterocycles. The Morgan fingerprint density at radius 2 is 1.95 bits per heavy atom. The van der Waals surface area contributed by atoms with Gasteiger partial charge < -0.3 is 14.8 Å². The predicted octanol–water partition coefficient (Wildman–Crippen LogP) is 2.81. The number of hydrogen-bond acceptors (Lipinski definition) is 3. The van der Waals surface area contributed by atoms with Crippen LogP contribution in [0, 0.1) is 0 Å². The molecule has 0 radical (unpaired) electrons. The number of nitrogens with one attached hydrogen (secondary N) is 1. The summed E-state index contributed by atoms with van der Waals surface area (Å²) in [6, 6.07) is 7.59. The van der Waals surface area contributed by atoms with Crippen molar-refractivity contribution < 1.29 is 14.3 Å². The molecule has 1 aliphatic carbocycles. The van der Waals surface area contributed by atoms with Gasteiger partial charge in [0, 0.05) is 17.1 Å². The molecule has 2 aliphatic rings. The predicted molar refractivity (Wildman–Crippen MR) is 85.7 cm³/mol. The van der Waals surface area contributed by atoms with Gasteiger partial charge in [0.25, 0.3) is 0 Å². The maximum absolute atomic E-state index is 12.0. The Bertz CT molecular complexity index is 561. The van der Waals surface area contributed by atoms with Crippen LogP contribution in [-0.4, -0.2) is 37.4 Å². The van der Waals surface area contributed by atoms with Crippen LogP contribution < -0.4 is 5.32 Å². The number of halogens is 1. The van der Waals surface area contributed by atoms with Gasteiger partial charge >= 0.3 is 0 Å². The molecule has 2 fully saturated rings. The minimum absolute atomic E-state index is 0.0971. The van der Waals surface area contributed by atoms with E-state index in [9.17, 15) is 4.79 Å². The van der Waals surface area contributed by atoms with Gasteiger partial charge in [-0.3, -0.25) is 4.79 Å². The van der Waals surface area contributed by atoms with Crippen LogP contribution in [0.3, 0.4) is 0 Å². The van der Waals surface area contributed by atoms with Gasteiger partial charge in [0.1, 0.15) is 0 Å². The van der Waals surface area contributed by atoms with Crippen molar-refractivity contribution in [3.63, 3.8) is 0 Å². The molecule has 1 aromatic carbocycles. The third-order valence-corrected chi connectivity index (χ3v) is 4.49. The molecule has 22 heavy (non-hydrogen) atoms. The van der Waals surface area contributed by atoms with E-state index in [0.29, 0.717) is 18.2 Å². The van der Waals surface area contributed by atoms with Crippen LogP contribution in [0.4, 0.5) is 0 Å². The molecule has 1 heterocycles. The second kappa shape index (κ2) is 7.27. The Kier molecular flexibility index (Phi) is 5.13. The van der Waals surface area contributed by atoms with Gasteiger partial charge in [-0.1, -0.05) is 29.8 Å². The second-order valence-electron chi connectivity index (χ2n) is 5.69. The van der Waals surface area contributed by atoms with Gasteiger partial charge in [-0.05, 0) is 37.0 Å². The summed E-state index contributed by atoms with van der Waals surface area (Å²) in [4.78, 5) is 12.0. The highest BCUT2D eigenvalue weighted by Gasteiger charge is 2.34. The average molecular weight is 322 g/mol. The summed E-state index contributed by atoms with van der Waals surface area (Å²) >= 11 is 6.06. The van der Waals surface area contributed by atoms with Gasteiger partial charge in [0.2, 0.25) is 5.91 Å². The zero-order valence-electron chi connectivity index (χ0n) is 12.3. The summed E-state index contributed by atoms with van der Waals surface area (Å²) in [5, 5.41) is 3.68. The smallest absolute Gasteiger partial charge is 0.244 e. The summed E-state index contributed by atoms with van der Waals surface area (Å²) in [6.45, 7) is 1.33. The highest BCUT2D eigenvalue weighted by Crippen LogP contribution is 2.26. The van der Waals surface area contributed by atoms with E-state index in [0.717, 1.165) is 24.8 Å². The summed E-state index contributed by atoms with van der Waals surface area (Å²) < 4.78 is 11.4. The number of carbonyl (C=O) groups excluding carboxylic acids is 1. The zero-order chi connectivity index (χ0) is 15.4. The van der Waals surface area contributed by atoms with E-state index in [2.05, 4.69) is 5.32 Å². The Morgan fingerprint density at radius 3 is 2.77 bits per heavy atom. The lowest BCUT2D eigenvalue weighted by molar-refractivity contribution is -0.158. The van der Waals surface area contributed by atoms with Crippen molar-refractivity contribution in [3.05, 3.63) is 40.9 Å². The first-order valence-corrected chi connectivity index (χ1v) is 8.06. The number of carbonyl (C=O) groups is 1. The number of hydrogen-bond donors (Lipinski definition) is 1. The third kappa shape index (κ3) is 3.88. The van der Waals surface area contributed by atoms with Crippen molar-refractivity contribution >= 4 is 23.6 Å². The van der Waals surface area contributed by atoms with Gasteiger partial charge in [0.15, 0.2) is 0 Å². The molecular formula is C17H20ClNO3. The first-order valence-electron chi connectivity index (χ1n) is 7.68. The Hall–Kier alpha value is -1.36. The zero-order valence-corrected chi connectivity index (χ0v) is 13.1. The van der Waals surface area contributed by atoms with Crippen molar-refractivity contribution in [1.29, 1.82) is 0 Å². The number of ether oxygens (including phenoxy) is 2. The normalized spacial score (nSPS) is 28.3. The minimum Gasteiger partial charge on any atom is -0.373 e. The highest BCUT2D eigenvalue weighted by molar-refractivity contribution is 6.32. The van der Waals surface area contributed by atoms with Crippen LogP contribution in [-0.2, 0) is 14.3 Å². The van der Waals surface area contributed by atoms with E-state index < -0.39 is 0 Å². The molecule has 118 valence electrons. The first-order chi connectivity index (χ1) is 10.7. The standard InChI is InChI=1S/C17H20ClNO3/c18-14-4-2-1-3-12(14)5-8-17(20)19-13-6-7-15-16(11-13)22-10-9-21-15/h1-5,8,13,15-16H,6-7,9-11H2,(H,19,20). The molecule has 3 atom stereocenters. The molecule has 1 aromatic rings. The molecule has 1 N–H and O–H groups in total. The van der Waals surface area contributed by atoms with E-state index in [4.69, 9.17) is 21.1 Å². The molecule has 4 nitrogen and oxygen atoms in total. The minimum atomic E-state index is -0.0971. The molecule has 1 aliphatic heterocycles. The molecule has 0 bridgehead atoms. The molecule has 3 rings (SSSR count). The largest absolute Gasteiger partial charge is 0.373 e. The van der Waals surface area contributed by atoms with Crippen molar-refractivity contribution in [2.45, 2.75) is 37.5 Å². The highest BCUT2D eigenvalue weighted by atomic mass is 35.5. The number of amides is 1. The Labute approximate surface area is 135 Å². The fraction of sp³-hybridized carbons (Fsp3) is 0.471.